The van der Waals surface area contributed by atoms with Crippen LogP contribution in [0.2, 0.25) is 0 Å². The molecule has 2 N–H and O–H groups in total. The summed E-state index contributed by atoms with van der Waals surface area (Å²) in [6.07, 6.45) is 8.26. The summed E-state index contributed by atoms with van der Waals surface area (Å²) < 4.78 is 37.0. The second kappa shape index (κ2) is 8.96. The lowest BCUT2D eigenvalue weighted by Crippen LogP contribution is -2.62. The van der Waals surface area contributed by atoms with Crippen LogP contribution in [-0.2, 0) is 4.18 Å². The molecule has 4 saturated carbocycles. The Morgan fingerprint density at radius 3 is 2.28 bits per heavy atom. The summed E-state index contributed by atoms with van der Waals surface area (Å²) in [5.41, 5.74) is 0.332. The SMILES string of the molecule is CC[C@H]1[C@@H](O)C2C3CCC(C(C)CCOS([O-])([O-])[O-])[C@@]3(C)CCC2[C@@]2(C)CC[C@@H](O)C[C@@H]12. The molecule has 0 aromatic heterocycles. The minimum Gasteiger partial charge on any atom is -0.815 e. The van der Waals surface area contributed by atoms with Gasteiger partial charge in [0.05, 0.1) is 18.8 Å². The highest BCUT2D eigenvalue weighted by Crippen LogP contribution is 2.69. The summed E-state index contributed by atoms with van der Waals surface area (Å²) in [5.74, 6) is 2.69. The first kappa shape index (κ1) is 25.2. The van der Waals surface area contributed by atoms with E-state index in [2.05, 4.69) is 31.9 Å². The van der Waals surface area contributed by atoms with Gasteiger partial charge in [-0.1, -0.05) is 34.1 Å². The summed E-state index contributed by atoms with van der Waals surface area (Å²) in [6, 6.07) is 0. The van der Waals surface area contributed by atoms with Crippen LogP contribution >= 0.6 is 11.2 Å². The van der Waals surface area contributed by atoms with Crippen LogP contribution in [0.4, 0.5) is 0 Å². The third kappa shape index (κ3) is 4.18. The Morgan fingerprint density at radius 2 is 1.62 bits per heavy atom. The Bertz CT molecular complexity index is 669. The molecule has 188 valence electrons. The van der Waals surface area contributed by atoms with E-state index in [1.807, 2.05) is 0 Å². The van der Waals surface area contributed by atoms with Crippen molar-refractivity contribution in [3.63, 3.8) is 0 Å². The van der Waals surface area contributed by atoms with Gasteiger partial charge in [0, 0.05) is 0 Å². The van der Waals surface area contributed by atoms with Gasteiger partial charge in [0.1, 0.15) is 0 Å². The number of hydrogen-bond acceptors (Lipinski definition) is 6. The molecule has 11 atom stereocenters. The molecule has 0 aromatic carbocycles. The van der Waals surface area contributed by atoms with Crippen LogP contribution in [0.3, 0.4) is 0 Å². The topological polar surface area (TPSA) is 119 Å². The zero-order valence-electron chi connectivity index (χ0n) is 20.2. The molecule has 0 aromatic rings. The Balaban J connectivity index is 1.55. The predicted molar refractivity (Wildman–Crippen MR) is 121 cm³/mol. The fourth-order valence-electron chi connectivity index (χ4n) is 9.47. The van der Waals surface area contributed by atoms with E-state index < -0.39 is 11.2 Å². The van der Waals surface area contributed by atoms with Crippen molar-refractivity contribution < 1.29 is 28.1 Å². The zero-order valence-corrected chi connectivity index (χ0v) is 21.0. The molecule has 4 aliphatic rings. The van der Waals surface area contributed by atoms with Gasteiger partial charge >= 0.3 is 0 Å². The van der Waals surface area contributed by atoms with Crippen molar-refractivity contribution in [3.05, 3.63) is 0 Å². The van der Waals surface area contributed by atoms with Crippen molar-refractivity contribution in [1.29, 1.82) is 0 Å². The van der Waals surface area contributed by atoms with Crippen molar-refractivity contribution in [2.45, 2.75) is 97.7 Å². The lowest BCUT2D eigenvalue weighted by molar-refractivity contribution is -0.203. The van der Waals surface area contributed by atoms with Gasteiger partial charge in [-0.15, -0.1) is 0 Å². The second-order valence-corrected chi connectivity index (χ2v) is 13.2. The first-order valence-electron chi connectivity index (χ1n) is 12.9. The molecule has 0 amide bonds. The maximum atomic E-state index is 11.7. The van der Waals surface area contributed by atoms with Gasteiger partial charge in [-0.05, 0) is 104 Å². The molecule has 0 aliphatic heterocycles. The van der Waals surface area contributed by atoms with E-state index in [4.69, 9.17) is 0 Å². The third-order valence-corrected chi connectivity index (χ3v) is 11.4. The van der Waals surface area contributed by atoms with Gasteiger partial charge in [-0.25, -0.2) is 0 Å². The first-order chi connectivity index (χ1) is 14.9. The maximum Gasteiger partial charge on any atom is 0.0605 e. The molecule has 7 heteroatoms. The minimum atomic E-state index is -4.64. The van der Waals surface area contributed by atoms with E-state index in [0.717, 1.165) is 51.4 Å². The lowest BCUT2D eigenvalue weighted by atomic mass is 9.41. The second-order valence-electron chi connectivity index (χ2n) is 12.1. The number of hydrogen-bond donors (Lipinski definition) is 2. The molecule has 5 unspecified atom stereocenters. The zero-order chi connectivity index (χ0) is 23.5. The summed E-state index contributed by atoms with van der Waals surface area (Å²) in [4.78, 5) is 0. The van der Waals surface area contributed by atoms with Crippen LogP contribution in [0.25, 0.3) is 0 Å². The Hall–Kier alpha value is 0.110. The van der Waals surface area contributed by atoms with Crippen LogP contribution < -0.4 is 0 Å². The highest BCUT2D eigenvalue weighted by atomic mass is 32.3. The summed E-state index contributed by atoms with van der Waals surface area (Å²) in [5, 5.41) is 22.1. The van der Waals surface area contributed by atoms with E-state index in [9.17, 15) is 23.9 Å². The van der Waals surface area contributed by atoms with E-state index in [0.29, 0.717) is 36.0 Å². The quantitative estimate of drug-likeness (QED) is 0.576. The van der Waals surface area contributed by atoms with Crippen LogP contribution in [0.5, 0.6) is 0 Å². The Labute approximate surface area is 195 Å². The number of aliphatic hydroxyl groups is 2. The smallest absolute Gasteiger partial charge is 0.0605 e. The summed E-state index contributed by atoms with van der Waals surface area (Å²) >= 11 is -4.64. The van der Waals surface area contributed by atoms with Gasteiger partial charge in [0.15, 0.2) is 0 Å². The molecule has 4 fully saturated rings. The van der Waals surface area contributed by atoms with Crippen LogP contribution in [0, 0.1) is 52.3 Å². The monoisotopic (exact) mass is 471 g/mol. The van der Waals surface area contributed by atoms with E-state index in [1.165, 1.54) is 0 Å². The molecule has 32 heavy (non-hydrogen) atoms. The van der Waals surface area contributed by atoms with Crippen molar-refractivity contribution in [1.82, 2.24) is 0 Å². The molecule has 0 heterocycles. The highest BCUT2D eigenvalue weighted by molar-refractivity contribution is 8.14. The molecular weight excluding hydrogens is 428 g/mol. The van der Waals surface area contributed by atoms with E-state index in [1.54, 1.807) is 0 Å². The normalized spacial score (nSPS) is 50.3. The molecular formula is C25H43O6S-3. The minimum absolute atomic E-state index is 0.0427. The lowest BCUT2D eigenvalue weighted by Gasteiger charge is -2.64. The fourth-order valence-corrected chi connectivity index (χ4v) is 9.77. The van der Waals surface area contributed by atoms with Gasteiger partial charge in [0.2, 0.25) is 0 Å². The molecule has 0 radical (unpaired) electrons. The van der Waals surface area contributed by atoms with E-state index in [-0.39, 0.29) is 41.5 Å². The third-order valence-electron chi connectivity index (χ3n) is 11.0. The molecule has 4 rings (SSSR count). The average molecular weight is 472 g/mol. The summed E-state index contributed by atoms with van der Waals surface area (Å²) in [7, 11) is 0. The predicted octanol–water partition coefficient (Wildman–Crippen LogP) is 4.77. The van der Waals surface area contributed by atoms with Crippen molar-refractivity contribution in [2.75, 3.05) is 6.61 Å². The molecule has 0 bridgehead atoms. The van der Waals surface area contributed by atoms with Crippen LogP contribution in [0.1, 0.15) is 85.5 Å². The molecule has 0 saturated heterocycles. The van der Waals surface area contributed by atoms with Crippen molar-refractivity contribution in [2.24, 2.45) is 52.3 Å². The van der Waals surface area contributed by atoms with E-state index >= 15 is 0 Å². The maximum absolute atomic E-state index is 11.7. The van der Waals surface area contributed by atoms with Crippen LogP contribution in [0.15, 0.2) is 0 Å². The Kier molecular flexibility index (Phi) is 7.06. The summed E-state index contributed by atoms with van der Waals surface area (Å²) in [6.45, 7) is 9.17. The number of fused-ring (bicyclic) bond motifs is 5. The first-order valence-corrected chi connectivity index (χ1v) is 14.2. The van der Waals surface area contributed by atoms with Gasteiger partial charge < -0.3 is 39.2 Å². The standard InChI is InChI=1S/C25H46O6S/c1-5-17-21-14-16(26)8-11-25(21,4)20-9-12-24(3)18(6-7-19(24)22(20)23(17)27)15(2)10-13-31-32(28,29)30/h15-23,26-30H,5-14H2,1-4H3/p-3/t15?,16-,17-,18?,19?,20?,21+,22?,23-,24-,25-/m1/s1. The van der Waals surface area contributed by atoms with Crippen molar-refractivity contribution in [3.8, 4) is 0 Å². The molecule has 6 nitrogen and oxygen atoms in total. The van der Waals surface area contributed by atoms with Gasteiger partial charge in [-0.3, -0.25) is 0 Å². The number of rotatable bonds is 6. The van der Waals surface area contributed by atoms with Gasteiger partial charge in [0.25, 0.3) is 0 Å². The van der Waals surface area contributed by atoms with Crippen molar-refractivity contribution >= 4 is 11.2 Å². The number of aliphatic hydroxyl groups excluding tert-OH is 2. The average Bonchev–Trinajstić information content (AvgIpc) is 3.06. The fraction of sp³-hybridized carbons (Fsp3) is 1.00. The van der Waals surface area contributed by atoms with Crippen LogP contribution in [-0.4, -0.2) is 42.7 Å². The Morgan fingerprint density at radius 1 is 0.969 bits per heavy atom. The van der Waals surface area contributed by atoms with Gasteiger partial charge in [-0.2, -0.15) is 0 Å². The molecule has 0 spiro atoms. The molecule has 4 aliphatic carbocycles. The largest absolute Gasteiger partial charge is 0.815 e. The highest BCUT2D eigenvalue weighted by Gasteiger charge is 2.64.